The second-order valence-corrected chi connectivity index (χ2v) is 4.05. The third-order valence-corrected chi connectivity index (χ3v) is 3.14. The third-order valence-electron chi connectivity index (χ3n) is 2.25. The number of rotatable bonds is 2. The molecule has 0 bridgehead atoms. The molecule has 0 N–H and O–H groups in total. The molecular weight excluding hydrogens is 195 g/mol. The predicted octanol–water partition coefficient (Wildman–Crippen LogP) is 4.12. The number of hydrogen-bond donors (Lipinski definition) is 0. The summed E-state index contributed by atoms with van der Waals surface area (Å²) >= 11 is 1.58. The molecule has 14 heavy (non-hydrogen) atoms. The monoisotopic (exact) mass is 206 g/mol. The number of hydrogen-bond acceptors (Lipinski definition) is 1. The molecule has 2 heteroatoms. The number of aryl methyl sites for hydroxylation is 1. The van der Waals surface area contributed by atoms with Crippen LogP contribution in [0.4, 0.5) is 4.39 Å². The van der Waals surface area contributed by atoms with E-state index in [1.807, 2.05) is 30.5 Å². The van der Waals surface area contributed by atoms with E-state index in [2.05, 4.69) is 0 Å². The van der Waals surface area contributed by atoms with Crippen molar-refractivity contribution in [2.24, 2.45) is 0 Å². The Morgan fingerprint density at radius 1 is 1.21 bits per heavy atom. The van der Waals surface area contributed by atoms with E-state index < -0.39 is 0 Å². The van der Waals surface area contributed by atoms with Crippen molar-refractivity contribution in [3.8, 4) is 10.4 Å². The Morgan fingerprint density at radius 2 is 2.07 bits per heavy atom. The summed E-state index contributed by atoms with van der Waals surface area (Å²) in [6.45, 7) is 2.05. The lowest BCUT2D eigenvalue weighted by atomic mass is 10.0. The van der Waals surface area contributed by atoms with Crippen LogP contribution in [0.3, 0.4) is 0 Å². The van der Waals surface area contributed by atoms with Crippen molar-refractivity contribution in [3.05, 3.63) is 47.1 Å². The van der Waals surface area contributed by atoms with Crippen LogP contribution in [0.25, 0.3) is 10.4 Å². The van der Waals surface area contributed by atoms with E-state index in [-0.39, 0.29) is 5.82 Å². The molecule has 0 fully saturated rings. The first kappa shape index (κ1) is 9.41. The Hall–Kier alpha value is -1.15. The number of halogens is 1. The Morgan fingerprint density at radius 3 is 2.71 bits per heavy atom. The highest BCUT2D eigenvalue weighted by Crippen LogP contribution is 2.30. The Bertz CT molecular complexity index is 418. The first-order valence-electron chi connectivity index (χ1n) is 4.64. The van der Waals surface area contributed by atoms with Crippen LogP contribution in [0, 0.1) is 5.82 Å². The first-order valence-corrected chi connectivity index (χ1v) is 5.52. The van der Waals surface area contributed by atoms with Gasteiger partial charge < -0.3 is 0 Å². The Balaban J connectivity index is 2.61. The third kappa shape index (κ3) is 1.58. The van der Waals surface area contributed by atoms with E-state index >= 15 is 0 Å². The van der Waals surface area contributed by atoms with Gasteiger partial charge >= 0.3 is 0 Å². The van der Waals surface area contributed by atoms with Gasteiger partial charge in [-0.1, -0.05) is 25.1 Å². The van der Waals surface area contributed by atoms with Crippen LogP contribution in [0.2, 0.25) is 0 Å². The van der Waals surface area contributed by atoms with E-state index in [0.717, 1.165) is 22.4 Å². The molecular formula is C12H11FS. The van der Waals surface area contributed by atoms with Gasteiger partial charge in [-0.2, -0.15) is 0 Å². The standard InChI is InChI=1S/C12H11FS/c1-2-9-5-3-6-10(13)12(9)11-7-4-8-14-11/h3-8H,2H2,1H3. The van der Waals surface area contributed by atoms with Gasteiger partial charge in [-0.05, 0) is 29.5 Å². The van der Waals surface area contributed by atoms with Crippen LogP contribution in [0.5, 0.6) is 0 Å². The maximum atomic E-state index is 13.6. The van der Waals surface area contributed by atoms with Gasteiger partial charge in [-0.3, -0.25) is 0 Å². The zero-order chi connectivity index (χ0) is 9.97. The molecule has 0 spiro atoms. The molecule has 0 aliphatic heterocycles. The van der Waals surface area contributed by atoms with Crippen LogP contribution in [0.15, 0.2) is 35.7 Å². The van der Waals surface area contributed by atoms with Gasteiger partial charge in [0.05, 0.1) is 0 Å². The summed E-state index contributed by atoms with van der Waals surface area (Å²) in [5, 5.41) is 1.97. The summed E-state index contributed by atoms with van der Waals surface area (Å²) in [7, 11) is 0. The fraction of sp³-hybridized carbons (Fsp3) is 0.167. The molecule has 0 aliphatic rings. The molecule has 0 amide bonds. The fourth-order valence-electron chi connectivity index (χ4n) is 1.56. The fourth-order valence-corrected chi connectivity index (χ4v) is 2.37. The van der Waals surface area contributed by atoms with E-state index in [1.165, 1.54) is 6.07 Å². The highest BCUT2D eigenvalue weighted by Gasteiger charge is 2.09. The quantitative estimate of drug-likeness (QED) is 0.693. The summed E-state index contributed by atoms with van der Waals surface area (Å²) in [5.74, 6) is -0.119. The lowest BCUT2D eigenvalue weighted by Gasteiger charge is -2.06. The normalized spacial score (nSPS) is 10.4. The lowest BCUT2D eigenvalue weighted by Crippen LogP contribution is -1.89. The average molecular weight is 206 g/mol. The Kier molecular flexibility index (Phi) is 2.64. The number of thiophene rings is 1. The van der Waals surface area contributed by atoms with Gasteiger partial charge in [0, 0.05) is 10.4 Å². The van der Waals surface area contributed by atoms with Crippen molar-refractivity contribution >= 4 is 11.3 Å². The van der Waals surface area contributed by atoms with Crippen molar-refractivity contribution in [1.29, 1.82) is 0 Å². The molecule has 0 saturated heterocycles. The van der Waals surface area contributed by atoms with Gasteiger partial charge in [0.1, 0.15) is 5.82 Å². The highest BCUT2D eigenvalue weighted by molar-refractivity contribution is 7.13. The van der Waals surface area contributed by atoms with Crippen molar-refractivity contribution in [2.45, 2.75) is 13.3 Å². The van der Waals surface area contributed by atoms with Crippen molar-refractivity contribution < 1.29 is 4.39 Å². The summed E-state index contributed by atoms with van der Waals surface area (Å²) in [6, 6.07) is 9.19. The summed E-state index contributed by atoms with van der Waals surface area (Å²) in [5.41, 5.74) is 1.84. The molecule has 0 atom stereocenters. The average Bonchev–Trinajstić information content (AvgIpc) is 2.70. The molecule has 0 unspecified atom stereocenters. The first-order chi connectivity index (χ1) is 6.83. The smallest absolute Gasteiger partial charge is 0.132 e. The minimum Gasteiger partial charge on any atom is -0.206 e. The summed E-state index contributed by atoms with van der Waals surface area (Å²) in [6.07, 6.45) is 0.866. The highest BCUT2D eigenvalue weighted by atomic mass is 32.1. The van der Waals surface area contributed by atoms with Crippen molar-refractivity contribution in [1.82, 2.24) is 0 Å². The summed E-state index contributed by atoms with van der Waals surface area (Å²) in [4.78, 5) is 1.01. The SMILES string of the molecule is CCc1cccc(F)c1-c1cccs1. The van der Waals surface area contributed by atoms with Crippen LogP contribution >= 0.6 is 11.3 Å². The number of benzene rings is 1. The van der Waals surface area contributed by atoms with E-state index in [4.69, 9.17) is 0 Å². The van der Waals surface area contributed by atoms with Crippen LogP contribution in [-0.4, -0.2) is 0 Å². The molecule has 72 valence electrons. The van der Waals surface area contributed by atoms with Crippen LogP contribution in [0.1, 0.15) is 12.5 Å². The molecule has 0 nitrogen and oxygen atoms in total. The maximum absolute atomic E-state index is 13.6. The van der Waals surface area contributed by atoms with Crippen molar-refractivity contribution in [3.63, 3.8) is 0 Å². The van der Waals surface area contributed by atoms with E-state index in [1.54, 1.807) is 17.4 Å². The van der Waals surface area contributed by atoms with Gasteiger partial charge in [0.25, 0.3) is 0 Å². The van der Waals surface area contributed by atoms with Gasteiger partial charge in [-0.15, -0.1) is 11.3 Å². The summed E-state index contributed by atoms with van der Waals surface area (Å²) < 4.78 is 13.6. The minimum atomic E-state index is -0.119. The zero-order valence-electron chi connectivity index (χ0n) is 7.96. The van der Waals surface area contributed by atoms with Gasteiger partial charge in [-0.25, -0.2) is 4.39 Å². The topological polar surface area (TPSA) is 0 Å². The van der Waals surface area contributed by atoms with Gasteiger partial charge in [0.2, 0.25) is 0 Å². The molecule has 1 aromatic heterocycles. The predicted molar refractivity (Wildman–Crippen MR) is 59.1 cm³/mol. The minimum absolute atomic E-state index is 0.119. The van der Waals surface area contributed by atoms with E-state index in [0.29, 0.717) is 0 Å². The molecule has 0 aliphatic carbocycles. The van der Waals surface area contributed by atoms with Crippen LogP contribution < -0.4 is 0 Å². The lowest BCUT2D eigenvalue weighted by molar-refractivity contribution is 0.630. The largest absolute Gasteiger partial charge is 0.206 e. The zero-order valence-corrected chi connectivity index (χ0v) is 8.77. The second-order valence-electron chi connectivity index (χ2n) is 3.10. The van der Waals surface area contributed by atoms with Crippen LogP contribution in [-0.2, 0) is 6.42 Å². The van der Waals surface area contributed by atoms with Crippen molar-refractivity contribution in [2.75, 3.05) is 0 Å². The molecule has 1 aromatic carbocycles. The second kappa shape index (κ2) is 3.93. The molecule has 0 radical (unpaired) electrons. The molecule has 2 rings (SSSR count). The van der Waals surface area contributed by atoms with Gasteiger partial charge in [0.15, 0.2) is 0 Å². The molecule has 2 aromatic rings. The molecule has 1 heterocycles. The maximum Gasteiger partial charge on any atom is 0.132 e. The van der Waals surface area contributed by atoms with E-state index in [9.17, 15) is 4.39 Å². The Labute approximate surface area is 87.0 Å². The molecule has 0 saturated carbocycles.